The van der Waals surface area contributed by atoms with Gasteiger partial charge in [-0.1, -0.05) is 26.8 Å². The molecule has 1 heterocycles. The van der Waals surface area contributed by atoms with Crippen LogP contribution in [0, 0.1) is 5.92 Å². The molecule has 0 fully saturated rings. The summed E-state index contributed by atoms with van der Waals surface area (Å²) >= 11 is 0. The van der Waals surface area contributed by atoms with Crippen LogP contribution in [0.15, 0.2) is 18.3 Å². The zero-order valence-electron chi connectivity index (χ0n) is 12.1. The van der Waals surface area contributed by atoms with E-state index in [0.717, 1.165) is 31.4 Å². The van der Waals surface area contributed by atoms with E-state index in [1.54, 1.807) is 0 Å². The van der Waals surface area contributed by atoms with E-state index in [1.165, 1.54) is 12.0 Å². The van der Waals surface area contributed by atoms with Crippen molar-refractivity contribution in [1.29, 1.82) is 0 Å². The lowest BCUT2D eigenvalue weighted by Crippen LogP contribution is -2.17. The Balaban J connectivity index is 2.36. The lowest BCUT2D eigenvalue weighted by Gasteiger charge is -2.13. The van der Waals surface area contributed by atoms with Crippen molar-refractivity contribution in [2.45, 2.75) is 46.6 Å². The van der Waals surface area contributed by atoms with Crippen molar-refractivity contribution in [3.63, 3.8) is 0 Å². The van der Waals surface area contributed by atoms with E-state index in [9.17, 15) is 0 Å². The second-order valence-corrected chi connectivity index (χ2v) is 5.09. The number of hydrogen-bond acceptors (Lipinski definition) is 3. The summed E-state index contributed by atoms with van der Waals surface area (Å²) < 4.78 is 5.62. The molecule has 0 aliphatic rings. The third-order valence-electron chi connectivity index (χ3n) is 2.95. The van der Waals surface area contributed by atoms with Crippen LogP contribution in [0.3, 0.4) is 0 Å². The minimum Gasteiger partial charge on any atom is -0.478 e. The molecule has 0 amide bonds. The Morgan fingerprint density at radius 3 is 2.61 bits per heavy atom. The maximum Gasteiger partial charge on any atom is 0.213 e. The van der Waals surface area contributed by atoms with Crippen molar-refractivity contribution >= 4 is 0 Å². The standard InChI is InChI=1S/C15H26N2O/c1-5-16-13(4)14-8-9-15(17-11-14)18-10-6-7-12(2)3/h8-9,11-13,16H,5-7,10H2,1-4H3. The van der Waals surface area contributed by atoms with Crippen molar-refractivity contribution in [2.24, 2.45) is 5.92 Å². The average molecular weight is 250 g/mol. The maximum atomic E-state index is 5.62. The number of aromatic nitrogens is 1. The Labute approximate surface area is 111 Å². The fourth-order valence-corrected chi connectivity index (χ4v) is 1.83. The number of pyridine rings is 1. The van der Waals surface area contributed by atoms with Gasteiger partial charge in [0, 0.05) is 18.3 Å². The fourth-order valence-electron chi connectivity index (χ4n) is 1.83. The molecule has 0 saturated heterocycles. The number of ether oxygens (including phenoxy) is 1. The van der Waals surface area contributed by atoms with Crippen LogP contribution < -0.4 is 10.1 Å². The Bertz CT molecular complexity index is 322. The average Bonchev–Trinajstić information content (AvgIpc) is 2.35. The summed E-state index contributed by atoms with van der Waals surface area (Å²) in [5.41, 5.74) is 1.20. The minimum atomic E-state index is 0.345. The molecule has 3 heteroatoms. The predicted molar refractivity (Wildman–Crippen MR) is 75.9 cm³/mol. The van der Waals surface area contributed by atoms with Crippen LogP contribution in [0.5, 0.6) is 5.88 Å². The normalized spacial score (nSPS) is 12.7. The van der Waals surface area contributed by atoms with Gasteiger partial charge in [-0.25, -0.2) is 4.98 Å². The molecule has 18 heavy (non-hydrogen) atoms. The number of hydrogen-bond donors (Lipinski definition) is 1. The van der Waals surface area contributed by atoms with E-state index in [-0.39, 0.29) is 0 Å². The zero-order valence-corrected chi connectivity index (χ0v) is 12.1. The monoisotopic (exact) mass is 250 g/mol. The summed E-state index contributed by atoms with van der Waals surface area (Å²) in [6.07, 6.45) is 4.19. The van der Waals surface area contributed by atoms with Gasteiger partial charge >= 0.3 is 0 Å². The van der Waals surface area contributed by atoms with Crippen molar-refractivity contribution in [2.75, 3.05) is 13.2 Å². The molecule has 1 aromatic heterocycles. The van der Waals surface area contributed by atoms with E-state index in [4.69, 9.17) is 4.74 Å². The molecule has 1 rings (SSSR count). The predicted octanol–water partition coefficient (Wildman–Crippen LogP) is 3.57. The highest BCUT2D eigenvalue weighted by Crippen LogP contribution is 2.14. The van der Waals surface area contributed by atoms with Crippen molar-refractivity contribution in [1.82, 2.24) is 10.3 Å². The second-order valence-electron chi connectivity index (χ2n) is 5.09. The van der Waals surface area contributed by atoms with Gasteiger partial charge in [-0.3, -0.25) is 0 Å². The number of nitrogens with zero attached hydrogens (tertiary/aromatic N) is 1. The quantitative estimate of drug-likeness (QED) is 0.716. The molecule has 0 aliphatic heterocycles. The molecule has 102 valence electrons. The molecule has 1 N–H and O–H groups in total. The van der Waals surface area contributed by atoms with Crippen molar-refractivity contribution < 1.29 is 4.74 Å². The first-order chi connectivity index (χ1) is 8.63. The van der Waals surface area contributed by atoms with E-state index in [2.05, 4.69) is 44.1 Å². The van der Waals surface area contributed by atoms with Gasteiger partial charge in [-0.2, -0.15) is 0 Å². The largest absolute Gasteiger partial charge is 0.478 e. The number of rotatable bonds is 8. The molecule has 3 nitrogen and oxygen atoms in total. The Hall–Kier alpha value is -1.09. The molecule has 1 aromatic rings. The molecular formula is C15H26N2O. The van der Waals surface area contributed by atoms with Gasteiger partial charge in [0.05, 0.1) is 6.61 Å². The first kappa shape index (κ1) is 15.0. The van der Waals surface area contributed by atoms with Crippen LogP contribution in [-0.2, 0) is 0 Å². The van der Waals surface area contributed by atoms with Crippen molar-refractivity contribution in [3.8, 4) is 5.88 Å². The Kier molecular flexibility index (Phi) is 6.73. The van der Waals surface area contributed by atoms with E-state index in [1.807, 2.05) is 12.3 Å². The molecule has 0 saturated carbocycles. The molecule has 0 spiro atoms. The SMILES string of the molecule is CCNC(C)c1ccc(OCCCC(C)C)nc1. The third-order valence-corrected chi connectivity index (χ3v) is 2.95. The second kappa shape index (κ2) is 8.09. The Morgan fingerprint density at radius 2 is 2.06 bits per heavy atom. The van der Waals surface area contributed by atoms with Crippen LogP contribution in [0.25, 0.3) is 0 Å². The topological polar surface area (TPSA) is 34.1 Å². The first-order valence-electron chi connectivity index (χ1n) is 6.95. The zero-order chi connectivity index (χ0) is 13.4. The fraction of sp³-hybridized carbons (Fsp3) is 0.667. The van der Waals surface area contributed by atoms with Crippen molar-refractivity contribution in [3.05, 3.63) is 23.9 Å². The molecule has 1 atom stereocenters. The summed E-state index contributed by atoms with van der Waals surface area (Å²) in [5, 5.41) is 3.37. The Morgan fingerprint density at radius 1 is 1.28 bits per heavy atom. The highest BCUT2D eigenvalue weighted by molar-refractivity contribution is 5.20. The smallest absolute Gasteiger partial charge is 0.213 e. The van der Waals surface area contributed by atoms with Crippen LogP contribution in [0.1, 0.15) is 52.1 Å². The van der Waals surface area contributed by atoms with Crippen LogP contribution in [0.2, 0.25) is 0 Å². The molecular weight excluding hydrogens is 224 g/mol. The maximum absolute atomic E-state index is 5.62. The summed E-state index contributed by atoms with van der Waals surface area (Å²) in [4.78, 5) is 4.34. The highest BCUT2D eigenvalue weighted by Gasteiger charge is 2.04. The molecule has 0 aliphatic carbocycles. The summed E-state index contributed by atoms with van der Waals surface area (Å²) in [5.74, 6) is 1.47. The van der Waals surface area contributed by atoms with Gasteiger partial charge in [0.15, 0.2) is 0 Å². The molecule has 0 bridgehead atoms. The van der Waals surface area contributed by atoms with Gasteiger partial charge in [0.25, 0.3) is 0 Å². The molecule has 0 radical (unpaired) electrons. The van der Waals surface area contributed by atoms with Crippen LogP contribution in [-0.4, -0.2) is 18.1 Å². The van der Waals surface area contributed by atoms with Gasteiger partial charge in [-0.05, 0) is 37.8 Å². The third kappa shape index (κ3) is 5.50. The van der Waals surface area contributed by atoms with E-state index in [0.29, 0.717) is 6.04 Å². The van der Waals surface area contributed by atoms with Gasteiger partial charge < -0.3 is 10.1 Å². The van der Waals surface area contributed by atoms with Crippen LogP contribution >= 0.6 is 0 Å². The minimum absolute atomic E-state index is 0.345. The molecule has 0 aromatic carbocycles. The van der Waals surface area contributed by atoms with Crippen LogP contribution in [0.4, 0.5) is 0 Å². The number of nitrogens with one attached hydrogen (secondary N) is 1. The van der Waals surface area contributed by atoms with E-state index >= 15 is 0 Å². The summed E-state index contributed by atoms with van der Waals surface area (Å²) in [7, 11) is 0. The van der Waals surface area contributed by atoms with E-state index < -0.39 is 0 Å². The first-order valence-corrected chi connectivity index (χ1v) is 6.95. The van der Waals surface area contributed by atoms with Gasteiger partial charge in [-0.15, -0.1) is 0 Å². The van der Waals surface area contributed by atoms with Gasteiger partial charge in [0.2, 0.25) is 5.88 Å². The lowest BCUT2D eigenvalue weighted by atomic mass is 10.1. The van der Waals surface area contributed by atoms with Gasteiger partial charge in [0.1, 0.15) is 0 Å². The summed E-state index contributed by atoms with van der Waals surface area (Å²) in [6.45, 7) is 10.4. The lowest BCUT2D eigenvalue weighted by molar-refractivity contribution is 0.287. The molecule has 1 unspecified atom stereocenters. The summed E-state index contributed by atoms with van der Waals surface area (Å²) in [6, 6.07) is 4.38. The highest BCUT2D eigenvalue weighted by atomic mass is 16.5.